The molecule has 0 spiro atoms. The van der Waals surface area contributed by atoms with Crippen LogP contribution in [0, 0.1) is 5.82 Å². The lowest BCUT2D eigenvalue weighted by molar-refractivity contribution is 0.628. The SMILES string of the molecule is Fc1cccc(-c2ccc3ncsc3c2)c1. The lowest BCUT2D eigenvalue weighted by Gasteiger charge is -2.01. The fraction of sp³-hybridized carbons (Fsp3) is 0. The van der Waals surface area contributed by atoms with Crippen LogP contribution in [0.5, 0.6) is 0 Å². The maximum Gasteiger partial charge on any atom is 0.123 e. The maximum absolute atomic E-state index is 13.1. The standard InChI is InChI=1S/C13H8FNS/c14-11-3-1-2-9(6-11)10-4-5-12-13(7-10)16-8-15-12/h1-8H. The highest BCUT2D eigenvalue weighted by Gasteiger charge is 2.02. The van der Waals surface area contributed by atoms with Gasteiger partial charge in [0.1, 0.15) is 5.82 Å². The van der Waals surface area contributed by atoms with E-state index in [1.807, 2.05) is 29.8 Å². The van der Waals surface area contributed by atoms with Gasteiger partial charge in [-0.2, -0.15) is 0 Å². The Balaban J connectivity index is 2.18. The van der Waals surface area contributed by atoms with Gasteiger partial charge in [-0.3, -0.25) is 0 Å². The van der Waals surface area contributed by atoms with Crippen molar-refractivity contribution in [1.82, 2.24) is 4.98 Å². The Morgan fingerprint density at radius 2 is 1.88 bits per heavy atom. The maximum atomic E-state index is 13.1. The van der Waals surface area contributed by atoms with E-state index in [2.05, 4.69) is 4.98 Å². The highest BCUT2D eigenvalue weighted by molar-refractivity contribution is 7.16. The Bertz CT molecular complexity index is 645. The fourth-order valence-electron chi connectivity index (χ4n) is 1.70. The van der Waals surface area contributed by atoms with E-state index in [-0.39, 0.29) is 5.82 Å². The number of hydrogen-bond donors (Lipinski definition) is 0. The van der Waals surface area contributed by atoms with Gasteiger partial charge < -0.3 is 0 Å². The van der Waals surface area contributed by atoms with Crippen molar-refractivity contribution >= 4 is 21.6 Å². The van der Waals surface area contributed by atoms with Crippen molar-refractivity contribution in [2.24, 2.45) is 0 Å². The topological polar surface area (TPSA) is 12.9 Å². The van der Waals surface area contributed by atoms with Crippen molar-refractivity contribution < 1.29 is 4.39 Å². The predicted octanol–water partition coefficient (Wildman–Crippen LogP) is 4.10. The smallest absolute Gasteiger partial charge is 0.123 e. The van der Waals surface area contributed by atoms with Crippen molar-refractivity contribution in [1.29, 1.82) is 0 Å². The molecule has 0 bridgehead atoms. The molecular weight excluding hydrogens is 221 g/mol. The minimum absolute atomic E-state index is 0.207. The second kappa shape index (κ2) is 3.68. The summed E-state index contributed by atoms with van der Waals surface area (Å²) < 4.78 is 14.2. The van der Waals surface area contributed by atoms with E-state index in [1.54, 1.807) is 23.5 Å². The quantitative estimate of drug-likeness (QED) is 0.612. The van der Waals surface area contributed by atoms with Gasteiger partial charge in [0.2, 0.25) is 0 Å². The molecule has 0 amide bonds. The van der Waals surface area contributed by atoms with Crippen molar-refractivity contribution in [3.8, 4) is 11.1 Å². The molecule has 1 aromatic heterocycles. The zero-order chi connectivity index (χ0) is 11.0. The summed E-state index contributed by atoms with van der Waals surface area (Å²) in [5.41, 5.74) is 4.73. The summed E-state index contributed by atoms with van der Waals surface area (Å²) in [6, 6.07) is 12.6. The third-order valence-electron chi connectivity index (χ3n) is 2.49. The van der Waals surface area contributed by atoms with Crippen LogP contribution in [0.3, 0.4) is 0 Å². The first kappa shape index (κ1) is 9.48. The Labute approximate surface area is 96.2 Å². The molecule has 0 aliphatic rings. The summed E-state index contributed by atoms with van der Waals surface area (Å²) in [7, 11) is 0. The number of thiazole rings is 1. The minimum Gasteiger partial charge on any atom is -0.245 e. The normalized spacial score (nSPS) is 10.8. The Kier molecular flexibility index (Phi) is 2.18. The number of rotatable bonds is 1. The van der Waals surface area contributed by atoms with Gasteiger partial charge >= 0.3 is 0 Å². The van der Waals surface area contributed by atoms with Crippen LogP contribution in [0.25, 0.3) is 21.3 Å². The largest absolute Gasteiger partial charge is 0.245 e. The van der Waals surface area contributed by atoms with Crippen molar-refractivity contribution in [2.75, 3.05) is 0 Å². The highest BCUT2D eigenvalue weighted by Crippen LogP contribution is 2.26. The zero-order valence-electron chi connectivity index (χ0n) is 8.35. The molecule has 1 nitrogen and oxygen atoms in total. The molecule has 0 saturated heterocycles. The summed E-state index contributed by atoms with van der Waals surface area (Å²) in [4.78, 5) is 4.22. The average Bonchev–Trinajstić information content (AvgIpc) is 2.75. The van der Waals surface area contributed by atoms with Crippen LogP contribution in [0.15, 0.2) is 48.0 Å². The molecule has 0 aliphatic carbocycles. The minimum atomic E-state index is -0.207. The van der Waals surface area contributed by atoms with E-state index >= 15 is 0 Å². The van der Waals surface area contributed by atoms with Crippen LogP contribution in [0.4, 0.5) is 4.39 Å². The van der Waals surface area contributed by atoms with Crippen LogP contribution < -0.4 is 0 Å². The van der Waals surface area contributed by atoms with Crippen LogP contribution in [-0.2, 0) is 0 Å². The molecule has 0 atom stereocenters. The van der Waals surface area contributed by atoms with E-state index in [9.17, 15) is 4.39 Å². The molecule has 0 unspecified atom stereocenters. The van der Waals surface area contributed by atoms with Gasteiger partial charge in [-0.1, -0.05) is 18.2 Å². The molecule has 2 aromatic carbocycles. The lowest BCUT2D eigenvalue weighted by atomic mass is 10.1. The first-order valence-electron chi connectivity index (χ1n) is 4.92. The third-order valence-corrected chi connectivity index (χ3v) is 3.28. The highest BCUT2D eigenvalue weighted by atomic mass is 32.1. The molecule has 3 aromatic rings. The number of aromatic nitrogens is 1. The lowest BCUT2D eigenvalue weighted by Crippen LogP contribution is -1.79. The molecule has 0 radical (unpaired) electrons. The molecule has 3 rings (SSSR count). The fourth-order valence-corrected chi connectivity index (χ4v) is 2.42. The van der Waals surface area contributed by atoms with Crippen LogP contribution >= 0.6 is 11.3 Å². The molecule has 0 saturated carbocycles. The van der Waals surface area contributed by atoms with Gasteiger partial charge in [0, 0.05) is 0 Å². The van der Waals surface area contributed by atoms with E-state index in [0.717, 1.165) is 21.3 Å². The molecule has 0 aliphatic heterocycles. The summed E-state index contributed by atoms with van der Waals surface area (Å²) in [5, 5.41) is 0. The van der Waals surface area contributed by atoms with E-state index < -0.39 is 0 Å². The third kappa shape index (κ3) is 1.59. The second-order valence-electron chi connectivity index (χ2n) is 3.55. The number of benzene rings is 2. The first-order valence-corrected chi connectivity index (χ1v) is 5.80. The molecule has 1 heterocycles. The summed E-state index contributed by atoms with van der Waals surface area (Å²) in [5.74, 6) is -0.207. The van der Waals surface area contributed by atoms with E-state index in [0.29, 0.717) is 0 Å². The molecule has 78 valence electrons. The van der Waals surface area contributed by atoms with Crippen LogP contribution in [0.2, 0.25) is 0 Å². The molecular formula is C13H8FNS. The summed E-state index contributed by atoms with van der Waals surface area (Å²) in [6.45, 7) is 0. The Morgan fingerprint density at radius 1 is 1.00 bits per heavy atom. The predicted molar refractivity (Wildman–Crippen MR) is 65.0 cm³/mol. The van der Waals surface area contributed by atoms with E-state index in [4.69, 9.17) is 0 Å². The summed E-state index contributed by atoms with van der Waals surface area (Å²) >= 11 is 1.60. The van der Waals surface area contributed by atoms with Crippen LogP contribution in [0.1, 0.15) is 0 Å². The number of nitrogens with zero attached hydrogens (tertiary/aromatic N) is 1. The molecule has 0 fully saturated rings. The Hall–Kier alpha value is -1.74. The van der Waals surface area contributed by atoms with Gasteiger partial charge in [0.05, 0.1) is 15.7 Å². The molecule has 3 heteroatoms. The zero-order valence-corrected chi connectivity index (χ0v) is 9.17. The van der Waals surface area contributed by atoms with Crippen LogP contribution in [-0.4, -0.2) is 4.98 Å². The van der Waals surface area contributed by atoms with Gasteiger partial charge in [-0.05, 0) is 35.4 Å². The number of fused-ring (bicyclic) bond motifs is 1. The van der Waals surface area contributed by atoms with Crippen molar-refractivity contribution in [2.45, 2.75) is 0 Å². The first-order chi connectivity index (χ1) is 7.83. The van der Waals surface area contributed by atoms with Crippen molar-refractivity contribution in [3.05, 3.63) is 53.8 Å². The van der Waals surface area contributed by atoms with Crippen molar-refractivity contribution in [3.63, 3.8) is 0 Å². The van der Waals surface area contributed by atoms with Gasteiger partial charge in [0.15, 0.2) is 0 Å². The number of hydrogen-bond acceptors (Lipinski definition) is 2. The summed E-state index contributed by atoms with van der Waals surface area (Å²) in [6.07, 6.45) is 0. The van der Waals surface area contributed by atoms with E-state index in [1.165, 1.54) is 6.07 Å². The van der Waals surface area contributed by atoms with Gasteiger partial charge in [0.25, 0.3) is 0 Å². The number of halogens is 1. The molecule has 0 N–H and O–H groups in total. The second-order valence-corrected chi connectivity index (χ2v) is 4.43. The van der Waals surface area contributed by atoms with Gasteiger partial charge in [-0.15, -0.1) is 11.3 Å². The monoisotopic (exact) mass is 229 g/mol. The average molecular weight is 229 g/mol. The Morgan fingerprint density at radius 3 is 2.75 bits per heavy atom. The van der Waals surface area contributed by atoms with Gasteiger partial charge in [-0.25, -0.2) is 9.37 Å². The molecule has 16 heavy (non-hydrogen) atoms.